The molecule has 1 saturated heterocycles. The third-order valence-corrected chi connectivity index (χ3v) is 4.97. The molecular weight excluding hydrogens is 304 g/mol. The van der Waals surface area contributed by atoms with E-state index >= 15 is 0 Å². The third-order valence-electron chi connectivity index (χ3n) is 3.28. The second-order valence-electron chi connectivity index (χ2n) is 4.84. The minimum Gasteiger partial charge on any atom is -0.398 e. The van der Waals surface area contributed by atoms with Crippen LogP contribution >= 0.6 is 11.6 Å². The number of hydrogen-bond acceptors (Lipinski definition) is 5. The molecule has 1 heterocycles. The fourth-order valence-corrected chi connectivity index (χ4v) is 3.49. The van der Waals surface area contributed by atoms with E-state index in [1.807, 2.05) is 0 Å². The van der Waals surface area contributed by atoms with Crippen molar-refractivity contribution in [3.8, 4) is 0 Å². The molecule has 0 spiro atoms. The fraction of sp³-hybridized carbons (Fsp3) is 0.500. The molecule has 2 rings (SSSR count). The van der Waals surface area contributed by atoms with E-state index in [0.717, 1.165) is 0 Å². The Balaban J connectivity index is 2.13. The number of benzene rings is 1. The van der Waals surface area contributed by atoms with E-state index in [9.17, 15) is 13.5 Å². The highest BCUT2D eigenvalue weighted by Crippen LogP contribution is 2.24. The number of anilines is 1. The summed E-state index contributed by atoms with van der Waals surface area (Å²) in [6.07, 6.45) is 0.779. The number of nitrogen functional groups attached to an aromatic ring is 1. The molecule has 6 nitrogen and oxygen atoms in total. The molecule has 0 aliphatic carbocycles. The summed E-state index contributed by atoms with van der Waals surface area (Å²) in [5.41, 5.74) is 4.68. The molecule has 112 valence electrons. The van der Waals surface area contributed by atoms with Crippen molar-refractivity contribution in [2.24, 2.45) is 0 Å². The predicted molar refractivity (Wildman–Crippen MR) is 76.1 cm³/mol. The van der Waals surface area contributed by atoms with E-state index in [4.69, 9.17) is 22.1 Å². The summed E-state index contributed by atoms with van der Waals surface area (Å²) in [5.74, 6) is 0. The van der Waals surface area contributed by atoms with Gasteiger partial charge < -0.3 is 15.6 Å². The Hall–Kier alpha value is -0.860. The van der Waals surface area contributed by atoms with Gasteiger partial charge in [-0.2, -0.15) is 0 Å². The van der Waals surface area contributed by atoms with E-state index in [0.29, 0.717) is 26.1 Å². The molecule has 4 N–H and O–H groups in total. The van der Waals surface area contributed by atoms with Crippen LogP contribution in [-0.4, -0.2) is 38.9 Å². The first-order valence-corrected chi connectivity index (χ1v) is 8.03. The highest BCUT2D eigenvalue weighted by atomic mass is 35.5. The molecule has 1 aliphatic heterocycles. The average Bonchev–Trinajstić information content (AvgIpc) is 2.40. The smallest absolute Gasteiger partial charge is 0.242 e. The number of ether oxygens (including phenoxy) is 1. The molecule has 1 fully saturated rings. The molecule has 1 aliphatic rings. The molecule has 0 radical (unpaired) electrons. The Bertz CT molecular complexity index is 585. The summed E-state index contributed by atoms with van der Waals surface area (Å²) >= 11 is 5.79. The molecule has 0 aromatic heterocycles. The lowest BCUT2D eigenvalue weighted by Gasteiger charge is -2.32. The quantitative estimate of drug-likeness (QED) is 0.710. The zero-order valence-electron chi connectivity index (χ0n) is 10.8. The van der Waals surface area contributed by atoms with Gasteiger partial charge in [-0.05, 0) is 18.2 Å². The molecular formula is C12H17ClN2O4S. The number of sulfonamides is 1. The van der Waals surface area contributed by atoms with E-state index < -0.39 is 15.6 Å². The van der Waals surface area contributed by atoms with Crippen LogP contribution in [0.25, 0.3) is 0 Å². The number of rotatable bonds is 4. The number of hydrogen-bond donors (Lipinski definition) is 3. The van der Waals surface area contributed by atoms with Crippen LogP contribution in [0.15, 0.2) is 23.1 Å². The average molecular weight is 321 g/mol. The van der Waals surface area contributed by atoms with Gasteiger partial charge in [-0.25, -0.2) is 13.1 Å². The van der Waals surface area contributed by atoms with Crippen LogP contribution in [0.3, 0.4) is 0 Å². The molecule has 0 bridgehead atoms. The lowest BCUT2D eigenvalue weighted by molar-refractivity contribution is -0.0588. The van der Waals surface area contributed by atoms with Gasteiger partial charge in [-0.3, -0.25) is 0 Å². The summed E-state index contributed by atoms with van der Waals surface area (Å²) in [5, 5.41) is 10.5. The first kappa shape index (κ1) is 15.5. The van der Waals surface area contributed by atoms with Gasteiger partial charge in [0.05, 0.1) is 11.3 Å². The van der Waals surface area contributed by atoms with Crippen molar-refractivity contribution >= 4 is 27.3 Å². The van der Waals surface area contributed by atoms with Crippen LogP contribution in [0.5, 0.6) is 0 Å². The monoisotopic (exact) mass is 320 g/mol. The molecule has 8 heteroatoms. The summed E-state index contributed by atoms with van der Waals surface area (Å²) in [6.45, 7) is 0.750. The van der Waals surface area contributed by atoms with Crippen molar-refractivity contribution in [2.75, 3.05) is 25.5 Å². The second-order valence-corrected chi connectivity index (χ2v) is 7.02. The molecule has 1 aromatic carbocycles. The van der Waals surface area contributed by atoms with Gasteiger partial charge in [0, 0.05) is 37.6 Å². The minimum absolute atomic E-state index is 0.0787. The van der Waals surface area contributed by atoms with Crippen molar-refractivity contribution in [1.29, 1.82) is 0 Å². The maximum Gasteiger partial charge on any atom is 0.242 e. The van der Waals surface area contributed by atoms with Crippen molar-refractivity contribution in [2.45, 2.75) is 23.3 Å². The SMILES string of the molecule is Nc1ccc(Cl)cc1S(=O)(=O)NCC1(O)CCOCC1. The molecule has 0 unspecified atom stereocenters. The topological polar surface area (TPSA) is 102 Å². The number of aliphatic hydroxyl groups is 1. The van der Waals surface area contributed by atoms with Gasteiger partial charge in [0.25, 0.3) is 0 Å². The lowest BCUT2D eigenvalue weighted by Crippen LogP contribution is -2.46. The van der Waals surface area contributed by atoms with Gasteiger partial charge in [0.1, 0.15) is 4.90 Å². The van der Waals surface area contributed by atoms with Crippen LogP contribution in [0.1, 0.15) is 12.8 Å². The number of halogens is 1. The zero-order valence-corrected chi connectivity index (χ0v) is 12.4. The van der Waals surface area contributed by atoms with E-state index in [1.165, 1.54) is 18.2 Å². The van der Waals surface area contributed by atoms with Crippen LogP contribution in [0, 0.1) is 0 Å². The van der Waals surface area contributed by atoms with E-state index in [-0.39, 0.29) is 22.2 Å². The van der Waals surface area contributed by atoms with Gasteiger partial charge in [-0.15, -0.1) is 0 Å². The van der Waals surface area contributed by atoms with Crippen molar-refractivity contribution in [3.05, 3.63) is 23.2 Å². The van der Waals surface area contributed by atoms with Gasteiger partial charge in [0.15, 0.2) is 0 Å². The predicted octanol–water partition coefficient (Wildman–Crippen LogP) is 0.742. The van der Waals surface area contributed by atoms with Crippen molar-refractivity contribution < 1.29 is 18.3 Å². The van der Waals surface area contributed by atoms with Crippen LogP contribution < -0.4 is 10.5 Å². The Morgan fingerprint density at radius 2 is 2.05 bits per heavy atom. The van der Waals surface area contributed by atoms with Gasteiger partial charge in [-0.1, -0.05) is 11.6 Å². The van der Waals surface area contributed by atoms with Crippen LogP contribution in [0.2, 0.25) is 5.02 Å². The second kappa shape index (κ2) is 5.87. The maximum absolute atomic E-state index is 12.2. The Kier molecular flexibility index (Phi) is 4.55. The maximum atomic E-state index is 12.2. The number of nitrogens with two attached hydrogens (primary N) is 1. The minimum atomic E-state index is -3.81. The van der Waals surface area contributed by atoms with Crippen LogP contribution in [0.4, 0.5) is 5.69 Å². The largest absolute Gasteiger partial charge is 0.398 e. The highest BCUT2D eigenvalue weighted by Gasteiger charge is 2.31. The molecule has 0 amide bonds. The first-order chi connectivity index (χ1) is 9.32. The highest BCUT2D eigenvalue weighted by molar-refractivity contribution is 7.89. The number of nitrogens with one attached hydrogen (secondary N) is 1. The molecule has 0 saturated carbocycles. The third kappa shape index (κ3) is 3.62. The lowest BCUT2D eigenvalue weighted by atomic mass is 9.95. The van der Waals surface area contributed by atoms with Crippen molar-refractivity contribution in [3.63, 3.8) is 0 Å². The molecule has 20 heavy (non-hydrogen) atoms. The Morgan fingerprint density at radius 3 is 2.70 bits per heavy atom. The van der Waals surface area contributed by atoms with E-state index in [2.05, 4.69) is 4.72 Å². The zero-order chi connectivity index (χ0) is 14.8. The normalized spacial score (nSPS) is 18.9. The Labute approximate surface area is 122 Å². The molecule has 1 aromatic rings. The standard InChI is InChI=1S/C12H17ClN2O4S/c13-9-1-2-10(14)11(7-9)20(17,18)15-8-12(16)3-5-19-6-4-12/h1-2,7,15-16H,3-6,8,14H2. The Morgan fingerprint density at radius 1 is 1.40 bits per heavy atom. The first-order valence-electron chi connectivity index (χ1n) is 6.17. The molecule has 0 atom stereocenters. The van der Waals surface area contributed by atoms with Gasteiger partial charge >= 0.3 is 0 Å². The van der Waals surface area contributed by atoms with Crippen LogP contribution in [-0.2, 0) is 14.8 Å². The fourth-order valence-electron chi connectivity index (χ4n) is 1.98. The summed E-state index contributed by atoms with van der Waals surface area (Å²) < 4.78 is 31.9. The summed E-state index contributed by atoms with van der Waals surface area (Å²) in [7, 11) is -3.81. The summed E-state index contributed by atoms with van der Waals surface area (Å²) in [4.78, 5) is -0.0827. The summed E-state index contributed by atoms with van der Waals surface area (Å²) in [6, 6.07) is 4.23. The van der Waals surface area contributed by atoms with Crippen molar-refractivity contribution in [1.82, 2.24) is 4.72 Å². The van der Waals surface area contributed by atoms with E-state index in [1.54, 1.807) is 0 Å². The van der Waals surface area contributed by atoms with Gasteiger partial charge in [0.2, 0.25) is 10.0 Å².